The van der Waals surface area contributed by atoms with E-state index in [0.717, 1.165) is 25.0 Å². The normalized spacial score (nSPS) is 17.0. The van der Waals surface area contributed by atoms with Crippen LogP contribution >= 0.6 is 0 Å². The lowest BCUT2D eigenvalue weighted by Gasteiger charge is -2.26. The topological polar surface area (TPSA) is 23.5 Å². The number of hydrogen-bond acceptors (Lipinski definition) is 2. The molecule has 1 unspecified atom stereocenters. The van der Waals surface area contributed by atoms with E-state index < -0.39 is 35.9 Å². The van der Waals surface area contributed by atoms with Crippen LogP contribution in [0.5, 0.6) is 0 Å². The van der Waals surface area contributed by atoms with E-state index in [0.29, 0.717) is 12.5 Å². The lowest BCUT2D eigenvalue weighted by Crippen LogP contribution is -2.34. The van der Waals surface area contributed by atoms with Crippen LogP contribution in [0.1, 0.15) is 30.9 Å². The Balaban J connectivity index is 2.01. The molecular weight excluding hydrogens is 305 g/mol. The summed E-state index contributed by atoms with van der Waals surface area (Å²) in [5.41, 5.74) is -0.490. The van der Waals surface area contributed by atoms with E-state index in [4.69, 9.17) is 0 Å². The standard InChI is InChI=1S/C15H18F5NO/c16-11-2-1-3-12(17)14(11)13(22)9-21(8-10-4-5-10)7-6-15(18,19)20/h1-3,10,13,22H,4-9H2. The van der Waals surface area contributed by atoms with Crippen molar-refractivity contribution in [2.75, 3.05) is 19.6 Å². The highest BCUT2D eigenvalue weighted by molar-refractivity contribution is 5.22. The third kappa shape index (κ3) is 5.21. The van der Waals surface area contributed by atoms with E-state index in [2.05, 4.69) is 0 Å². The van der Waals surface area contributed by atoms with E-state index in [1.807, 2.05) is 0 Å². The van der Waals surface area contributed by atoms with Gasteiger partial charge in [0.1, 0.15) is 11.6 Å². The maximum atomic E-state index is 13.6. The molecule has 22 heavy (non-hydrogen) atoms. The average Bonchev–Trinajstić information content (AvgIpc) is 3.19. The van der Waals surface area contributed by atoms with Crippen LogP contribution in [0.15, 0.2) is 18.2 Å². The molecule has 124 valence electrons. The summed E-state index contributed by atoms with van der Waals surface area (Å²) in [4.78, 5) is 1.43. The van der Waals surface area contributed by atoms with Crippen molar-refractivity contribution in [3.8, 4) is 0 Å². The molecule has 0 heterocycles. The zero-order chi connectivity index (χ0) is 16.3. The first-order valence-electron chi connectivity index (χ1n) is 7.17. The highest BCUT2D eigenvalue weighted by atomic mass is 19.4. The largest absolute Gasteiger partial charge is 0.390 e. The monoisotopic (exact) mass is 323 g/mol. The summed E-state index contributed by atoms with van der Waals surface area (Å²) < 4.78 is 64.3. The van der Waals surface area contributed by atoms with Gasteiger partial charge in [0.15, 0.2) is 0 Å². The smallest absolute Gasteiger partial charge is 0.387 e. The molecule has 1 N–H and O–H groups in total. The minimum atomic E-state index is -4.30. The fraction of sp³-hybridized carbons (Fsp3) is 0.600. The van der Waals surface area contributed by atoms with Crippen LogP contribution in [-0.4, -0.2) is 35.8 Å². The average molecular weight is 323 g/mol. The molecule has 0 saturated heterocycles. The Morgan fingerprint density at radius 2 is 1.77 bits per heavy atom. The molecule has 2 nitrogen and oxygen atoms in total. The Bertz CT molecular complexity index is 481. The van der Waals surface area contributed by atoms with Gasteiger partial charge in [0.2, 0.25) is 0 Å². The predicted octanol–water partition coefficient (Wildman–Crippen LogP) is 3.66. The summed E-state index contributed by atoms with van der Waals surface area (Å²) in [6, 6.07) is 3.21. The van der Waals surface area contributed by atoms with E-state index >= 15 is 0 Å². The third-order valence-corrected chi connectivity index (χ3v) is 3.69. The zero-order valence-corrected chi connectivity index (χ0v) is 11.9. The van der Waals surface area contributed by atoms with Gasteiger partial charge in [-0.3, -0.25) is 4.90 Å². The number of rotatable bonds is 7. The van der Waals surface area contributed by atoms with Crippen molar-refractivity contribution in [3.05, 3.63) is 35.4 Å². The Kier molecular flexibility index (Phi) is 5.39. The van der Waals surface area contributed by atoms with Crippen LogP contribution in [0.4, 0.5) is 22.0 Å². The van der Waals surface area contributed by atoms with Crippen LogP contribution in [0.3, 0.4) is 0 Å². The number of aliphatic hydroxyl groups excluding tert-OH is 1. The number of benzene rings is 1. The molecule has 1 aromatic carbocycles. The molecule has 0 bridgehead atoms. The minimum absolute atomic E-state index is 0.218. The second kappa shape index (κ2) is 6.91. The molecule has 1 fully saturated rings. The summed E-state index contributed by atoms with van der Waals surface area (Å²) in [7, 11) is 0. The Hall–Kier alpha value is -1.21. The van der Waals surface area contributed by atoms with Gasteiger partial charge in [0, 0.05) is 19.6 Å². The molecule has 7 heteroatoms. The van der Waals surface area contributed by atoms with Gasteiger partial charge in [-0.2, -0.15) is 13.2 Å². The van der Waals surface area contributed by atoms with E-state index in [1.165, 1.54) is 11.0 Å². The fourth-order valence-corrected chi connectivity index (χ4v) is 2.37. The molecule has 1 saturated carbocycles. The highest BCUT2D eigenvalue weighted by Gasteiger charge is 2.31. The van der Waals surface area contributed by atoms with Crippen LogP contribution in [0.2, 0.25) is 0 Å². The molecule has 0 aliphatic heterocycles. The van der Waals surface area contributed by atoms with Crippen LogP contribution in [0.25, 0.3) is 0 Å². The van der Waals surface area contributed by atoms with Crippen molar-refractivity contribution in [1.29, 1.82) is 0 Å². The molecule has 1 aromatic rings. The van der Waals surface area contributed by atoms with Gasteiger partial charge in [-0.1, -0.05) is 6.07 Å². The third-order valence-electron chi connectivity index (χ3n) is 3.69. The van der Waals surface area contributed by atoms with Crippen LogP contribution in [-0.2, 0) is 0 Å². The lowest BCUT2D eigenvalue weighted by molar-refractivity contribution is -0.138. The maximum absolute atomic E-state index is 13.6. The fourth-order valence-electron chi connectivity index (χ4n) is 2.37. The molecule has 1 atom stereocenters. The van der Waals surface area contributed by atoms with E-state index in [-0.39, 0.29) is 13.1 Å². The zero-order valence-electron chi connectivity index (χ0n) is 11.9. The van der Waals surface area contributed by atoms with Gasteiger partial charge in [-0.05, 0) is 30.9 Å². The van der Waals surface area contributed by atoms with Gasteiger partial charge < -0.3 is 5.11 Å². The summed E-state index contributed by atoms with van der Waals surface area (Å²) in [6.07, 6.45) is -4.92. The van der Waals surface area contributed by atoms with Crippen molar-refractivity contribution in [2.45, 2.75) is 31.5 Å². The molecule has 0 radical (unpaired) electrons. The summed E-state index contributed by atoms with van der Waals surface area (Å²) >= 11 is 0. The van der Waals surface area contributed by atoms with Gasteiger partial charge in [0.05, 0.1) is 18.1 Å². The number of hydrogen-bond donors (Lipinski definition) is 1. The van der Waals surface area contributed by atoms with Gasteiger partial charge in [-0.25, -0.2) is 8.78 Å². The second-order valence-corrected chi connectivity index (χ2v) is 5.72. The van der Waals surface area contributed by atoms with Gasteiger partial charge in [-0.15, -0.1) is 0 Å². The molecule has 0 amide bonds. The maximum Gasteiger partial charge on any atom is 0.390 e. The van der Waals surface area contributed by atoms with Crippen LogP contribution in [0, 0.1) is 17.6 Å². The molecule has 0 spiro atoms. The summed E-state index contributed by atoms with van der Waals surface area (Å²) in [5.74, 6) is -1.48. The van der Waals surface area contributed by atoms with E-state index in [9.17, 15) is 27.1 Å². The molecule has 0 aromatic heterocycles. The predicted molar refractivity (Wildman–Crippen MR) is 71.2 cm³/mol. The summed E-state index contributed by atoms with van der Waals surface area (Å²) in [6.45, 7) is -0.0965. The first-order valence-corrected chi connectivity index (χ1v) is 7.17. The number of aliphatic hydroxyl groups is 1. The minimum Gasteiger partial charge on any atom is -0.387 e. The van der Waals surface area contributed by atoms with Crippen molar-refractivity contribution in [2.24, 2.45) is 5.92 Å². The number of alkyl halides is 3. The molecule has 1 aliphatic rings. The Labute approximate surface area is 125 Å². The van der Waals surface area contributed by atoms with Crippen LogP contribution < -0.4 is 0 Å². The van der Waals surface area contributed by atoms with Crippen molar-refractivity contribution < 1.29 is 27.1 Å². The number of nitrogens with zero attached hydrogens (tertiary/aromatic N) is 1. The Morgan fingerprint density at radius 3 is 2.27 bits per heavy atom. The summed E-state index contributed by atoms with van der Waals surface area (Å²) in [5, 5.41) is 10.0. The first-order chi connectivity index (χ1) is 10.3. The van der Waals surface area contributed by atoms with Crippen molar-refractivity contribution >= 4 is 0 Å². The molecule has 1 aliphatic carbocycles. The lowest BCUT2D eigenvalue weighted by atomic mass is 10.1. The first kappa shape index (κ1) is 17.1. The van der Waals surface area contributed by atoms with Crippen molar-refractivity contribution in [1.82, 2.24) is 4.90 Å². The second-order valence-electron chi connectivity index (χ2n) is 5.72. The number of halogens is 5. The highest BCUT2D eigenvalue weighted by Crippen LogP contribution is 2.31. The SMILES string of the molecule is OC(CN(CCC(F)(F)F)CC1CC1)c1c(F)cccc1F. The van der Waals surface area contributed by atoms with Gasteiger partial charge in [0.25, 0.3) is 0 Å². The quantitative estimate of drug-likeness (QED) is 0.774. The van der Waals surface area contributed by atoms with E-state index in [1.54, 1.807) is 0 Å². The van der Waals surface area contributed by atoms with Gasteiger partial charge >= 0.3 is 6.18 Å². The molecular formula is C15H18F5NO. The molecule has 2 rings (SSSR count). The van der Waals surface area contributed by atoms with Crippen molar-refractivity contribution in [3.63, 3.8) is 0 Å². The Morgan fingerprint density at radius 1 is 1.18 bits per heavy atom.